The van der Waals surface area contributed by atoms with Crippen molar-refractivity contribution in [2.75, 3.05) is 32.7 Å². The summed E-state index contributed by atoms with van der Waals surface area (Å²) >= 11 is 3.61. The molecule has 0 aromatic heterocycles. The van der Waals surface area contributed by atoms with Crippen molar-refractivity contribution >= 4 is 27.8 Å². The second-order valence-electron chi connectivity index (χ2n) is 11.9. The number of nitrogens with one attached hydrogen (secondary N) is 1. The fraction of sp³-hybridized carbons (Fsp3) is 0.733. The highest BCUT2D eigenvalue weighted by molar-refractivity contribution is 9.10. The van der Waals surface area contributed by atoms with Crippen molar-refractivity contribution in [2.24, 2.45) is 22.6 Å². The molecule has 0 radical (unpaired) electrons. The van der Waals surface area contributed by atoms with E-state index in [1.54, 1.807) is 0 Å². The van der Waals surface area contributed by atoms with E-state index < -0.39 is 0 Å². The third kappa shape index (κ3) is 7.87. The van der Waals surface area contributed by atoms with Crippen molar-refractivity contribution in [2.45, 2.75) is 96.6 Å². The van der Waals surface area contributed by atoms with Crippen LogP contribution in [0.25, 0.3) is 0 Å². The van der Waals surface area contributed by atoms with E-state index in [1.165, 1.54) is 56.9 Å². The molecule has 7 heteroatoms. The average Bonchev–Trinajstić information content (AvgIpc) is 3.39. The maximum atomic E-state index is 9.09. The van der Waals surface area contributed by atoms with Crippen LogP contribution in [0.2, 0.25) is 0 Å². The number of rotatable bonds is 13. The number of aliphatic imine (C=N–C) groups is 1. The molecule has 1 saturated carbocycles. The maximum absolute atomic E-state index is 9.09. The lowest BCUT2D eigenvalue weighted by Crippen LogP contribution is -2.41. The van der Waals surface area contributed by atoms with Crippen LogP contribution in [0.4, 0.5) is 0 Å². The van der Waals surface area contributed by atoms with Crippen LogP contribution in [0, 0.1) is 17.2 Å². The van der Waals surface area contributed by atoms with E-state index in [4.69, 9.17) is 11.1 Å². The minimum absolute atomic E-state index is 0.460. The van der Waals surface area contributed by atoms with Gasteiger partial charge in [0.05, 0.1) is 18.6 Å². The Balaban J connectivity index is 1.27. The molecule has 1 aliphatic carbocycles. The van der Waals surface area contributed by atoms with Gasteiger partial charge in [-0.25, -0.2) is 0 Å². The molecule has 2 aliphatic heterocycles. The Kier molecular flexibility index (Phi) is 10.6. The fourth-order valence-electron chi connectivity index (χ4n) is 6.56. The van der Waals surface area contributed by atoms with E-state index in [0.29, 0.717) is 12.1 Å². The SMILES string of the molecule is CC(C)CCCN1C(N)=NC[C@@H]1CCCCN1C[C@@H](C2CCCCC2)N(CCc2cccc(Br)c2)C1=N. The van der Waals surface area contributed by atoms with Gasteiger partial charge in [-0.05, 0) is 80.9 Å². The smallest absolute Gasteiger partial charge is 0.194 e. The van der Waals surface area contributed by atoms with Crippen molar-refractivity contribution in [1.82, 2.24) is 14.7 Å². The first-order valence-corrected chi connectivity index (χ1v) is 15.6. The number of benzene rings is 1. The third-order valence-corrected chi connectivity index (χ3v) is 9.19. The molecule has 1 aromatic carbocycles. The average molecular weight is 574 g/mol. The van der Waals surface area contributed by atoms with Crippen LogP contribution in [0.15, 0.2) is 33.7 Å². The summed E-state index contributed by atoms with van der Waals surface area (Å²) in [6, 6.07) is 9.60. The Morgan fingerprint density at radius 2 is 1.86 bits per heavy atom. The van der Waals surface area contributed by atoms with Gasteiger partial charge in [0.15, 0.2) is 11.9 Å². The predicted octanol–water partition coefficient (Wildman–Crippen LogP) is 6.10. The van der Waals surface area contributed by atoms with E-state index in [-0.39, 0.29) is 0 Å². The molecule has 1 saturated heterocycles. The zero-order valence-corrected chi connectivity index (χ0v) is 24.8. The van der Waals surface area contributed by atoms with Gasteiger partial charge in [0, 0.05) is 30.7 Å². The van der Waals surface area contributed by atoms with Crippen LogP contribution in [0.5, 0.6) is 0 Å². The number of nitrogens with zero attached hydrogens (tertiary/aromatic N) is 4. The molecule has 0 bridgehead atoms. The lowest BCUT2D eigenvalue weighted by atomic mass is 9.83. The number of unbranched alkanes of at least 4 members (excludes halogenated alkanes) is 1. The largest absolute Gasteiger partial charge is 0.370 e. The molecule has 6 nitrogen and oxygen atoms in total. The highest BCUT2D eigenvalue weighted by Gasteiger charge is 2.39. The summed E-state index contributed by atoms with van der Waals surface area (Å²) in [6.07, 6.45) is 13.6. The molecule has 0 spiro atoms. The van der Waals surface area contributed by atoms with Gasteiger partial charge in [-0.2, -0.15) is 0 Å². The topological polar surface area (TPSA) is 72.0 Å². The highest BCUT2D eigenvalue weighted by atomic mass is 79.9. The second-order valence-corrected chi connectivity index (χ2v) is 12.8. The molecular weight excluding hydrogens is 524 g/mol. The van der Waals surface area contributed by atoms with E-state index in [2.05, 4.69) is 73.7 Å². The third-order valence-electron chi connectivity index (χ3n) is 8.70. The van der Waals surface area contributed by atoms with Crippen molar-refractivity contribution in [3.05, 3.63) is 34.3 Å². The van der Waals surface area contributed by atoms with Crippen molar-refractivity contribution in [3.63, 3.8) is 0 Å². The summed E-state index contributed by atoms with van der Waals surface area (Å²) < 4.78 is 1.14. The zero-order chi connectivity index (χ0) is 26.2. The van der Waals surface area contributed by atoms with Crippen molar-refractivity contribution in [3.8, 4) is 0 Å². The molecule has 3 aliphatic rings. The summed E-state index contributed by atoms with van der Waals surface area (Å²) in [5.41, 5.74) is 7.57. The number of hydrogen-bond donors (Lipinski definition) is 2. The zero-order valence-electron chi connectivity index (χ0n) is 23.2. The summed E-state index contributed by atoms with van der Waals surface area (Å²) in [6.45, 7) is 9.42. The molecule has 2 heterocycles. The molecule has 1 aromatic rings. The summed E-state index contributed by atoms with van der Waals surface area (Å²) in [5.74, 6) is 2.97. The predicted molar refractivity (Wildman–Crippen MR) is 159 cm³/mol. The van der Waals surface area contributed by atoms with E-state index in [9.17, 15) is 0 Å². The number of nitrogens with two attached hydrogens (primary N) is 1. The molecule has 3 N–H and O–H groups in total. The van der Waals surface area contributed by atoms with Gasteiger partial charge >= 0.3 is 0 Å². The lowest BCUT2D eigenvalue weighted by Gasteiger charge is -2.33. The first kappa shape index (κ1) is 28.3. The van der Waals surface area contributed by atoms with Gasteiger partial charge in [0.1, 0.15) is 0 Å². The molecule has 0 unspecified atom stereocenters. The summed E-state index contributed by atoms with van der Waals surface area (Å²) in [7, 11) is 0. The van der Waals surface area contributed by atoms with Gasteiger partial charge in [0.25, 0.3) is 0 Å². The Morgan fingerprint density at radius 3 is 2.62 bits per heavy atom. The first-order chi connectivity index (χ1) is 17.9. The monoisotopic (exact) mass is 572 g/mol. The Hall–Kier alpha value is -1.76. The van der Waals surface area contributed by atoms with Crippen molar-refractivity contribution in [1.29, 1.82) is 5.41 Å². The van der Waals surface area contributed by atoms with Crippen LogP contribution in [0.1, 0.15) is 83.6 Å². The number of guanidine groups is 2. The molecule has 4 rings (SSSR count). The summed E-state index contributed by atoms with van der Waals surface area (Å²) in [4.78, 5) is 11.7. The molecule has 2 fully saturated rings. The first-order valence-electron chi connectivity index (χ1n) is 14.8. The fourth-order valence-corrected chi connectivity index (χ4v) is 7.00. The van der Waals surface area contributed by atoms with E-state index in [0.717, 1.165) is 80.2 Å². The van der Waals surface area contributed by atoms with Crippen LogP contribution in [-0.2, 0) is 6.42 Å². The molecule has 206 valence electrons. The quantitative estimate of drug-likeness (QED) is 0.280. The van der Waals surface area contributed by atoms with Crippen LogP contribution in [-0.4, -0.2) is 71.4 Å². The number of hydrogen-bond acceptors (Lipinski definition) is 4. The van der Waals surface area contributed by atoms with Gasteiger partial charge in [-0.3, -0.25) is 10.4 Å². The Labute approximate surface area is 233 Å². The summed E-state index contributed by atoms with van der Waals surface area (Å²) in [5, 5.41) is 9.09. The Morgan fingerprint density at radius 1 is 1.05 bits per heavy atom. The van der Waals surface area contributed by atoms with Gasteiger partial charge in [-0.1, -0.05) is 61.2 Å². The van der Waals surface area contributed by atoms with E-state index in [1.807, 2.05) is 0 Å². The van der Waals surface area contributed by atoms with Gasteiger partial charge in [-0.15, -0.1) is 0 Å². The molecule has 0 amide bonds. The standard InChI is InChI=1S/C30H49BrN6/c1-23(2)10-9-18-36-27(21-34-29(36)32)15-6-7-17-35-22-28(25-12-4-3-5-13-25)37(30(35)33)19-16-24-11-8-14-26(31)20-24/h8,11,14,20,23,25,27-28,33H,3-7,9-10,12-13,15-19,21-22H2,1-2H3,(H2,32,34)/t27-,28-/m0/s1. The Bertz CT molecular complexity index is 896. The second kappa shape index (κ2) is 13.9. The molecule has 37 heavy (non-hydrogen) atoms. The normalized spacial score (nSPS) is 23.0. The van der Waals surface area contributed by atoms with Gasteiger partial charge < -0.3 is 20.4 Å². The van der Waals surface area contributed by atoms with Crippen LogP contribution >= 0.6 is 15.9 Å². The van der Waals surface area contributed by atoms with Gasteiger partial charge in [0.2, 0.25) is 0 Å². The number of halogens is 1. The van der Waals surface area contributed by atoms with E-state index >= 15 is 0 Å². The minimum Gasteiger partial charge on any atom is -0.370 e. The molecular formula is C30H49BrN6. The molecule has 2 atom stereocenters. The van der Waals surface area contributed by atoms with Crippen molar-refractivity contribution < 1.29 is 0 Å². The highest BCUT2D eigenvalue weighted by Crippen LogP contribution is 2.33. The van der Waals surface area contributed by atoms with Crippen LogP contribution < -0.4 is 5.73 Å². The van der Waals surface area contributed by atoms with Crippen LogP contribution in [0.3, 0.4) is 0 Å². The maximum Gasteiger partial charge on any atom is 0.194 e. The lowest BCUT2D eigenvalue weighted by molar-refractivity contribution is 0.200. The minimum atomic E-state index is 0.460.